The fourth-order valence-corrected chi connectivity index (χ4v) is 3.15. The van der Waals surface area contributed by atoms with Crippen LogP contribution in [0.2, 0.25) is 0 Å². The van der Waals surface area contributed by atoms with Crippen molar-refractivity contribution in [2.24, 2.45) is 4.99 Å². The molecule has 26 heavy (non-hydrogen) atoms. The van der Waals surface area contributed by atoms with E-state index >= 15 is 0 Å². The van der Waals surface area contributed by atoms with Crippen LogP contribution >= 0.6 is 0 Å². The first-order chi connectivity index (χ1) is 12.7. The molecule has 132 valence electrons. The molecule has 5 heteroatoms. The van der Waals surface area contributed by atoms with Crippen LogP contribution in [0.15, 0.2) is 47.6 Å². The van der Waals surface area contributed by atoms with E-state index in [1.54, 1.807) is 6.07 Å². The van der Waals surface area contributed by atoms with Crippen LogP contribution < -0.4 is 16.0 Å². The number of aromatic nitrogens is 2. The van der Waals surface area contributed by atoms with Gasteiger partial charge in [0.25, 0.3) is 0 Å². The van der Waals surface area contributed by atoms with Crippen LogP contribution in [0.1, 0.15) is 28.7 Å². The maximum absolute atomic E-state index is 14.5. The van der Waals surface area contributed by atoms with Crippen molar-refractivity contribution >= 4 is 11.9 Å². The number of aromatic amines is 1. The van der Waals surface area contributed by atoms with Gasteiger partial charge in [0.05, 0.1) is 0 Å². The van der Waals surface area contributed by atoms with Crippen LogP contribution in [0.3, 0.4) is 0 Å². The van der Waals surface area contributed by atoms with Crippen molar-refractivity contribution in [2.45, 2.75) is 26.3 Å². The molecule has 0 saturated heterocycles. The zero-order chi connectivity index (χ0) is 17.9. The van der Waals surface area contributed by atoms with Crippen molar-refractivity contribution < 1.29 is 4.39 Å². The topological polar surface area (TPSA) is 53.1 Å². The van der Waals surface area contributed by atoms with Gasteiger partial charge in [0.15, 0.2) is 0 Å². The molecule has 0 atom stereocenters. The Bertz CT molecular complexity index is 1030. The summed E-state index contributed by atoms with van der Waals surface area (Å²) in [5, 5.41) is 4.27. The number of fused-ring (bicyclic) bond motifs is 1. The van der Waals surface area contributed by atoms with E-state index in [9.17, 15) is 4.39 Å². The summed E-state index contributed by atoms with van der Waals surface area (Å²) in [7, 11) is 0. The number of nitrogens with one attached hydrogen (secondary N) is 2. The molecule has 2 N–H and O–H groups in total. The molecule has 2 aromatic heterocycles. The van der Waals surface area contributed by atoms with Crippen molar-refractivity contribution in [1.82, 2.24) is 9.97 Å². The first-order valence-corrected chi connectivity index (χ1v) is 8.85. The minimum atomic E-state index is -0.429. The maximum Gasteiger partial charge on any atom is 0.218 e. The van der Waals surface area contributed by atoms with E-state index in [2.05, 4.69) is 57.5 Å². The number of rotatable bonds is 5. The minimum absolute atomic E-state index is 0.429. The van der Waals surface area contributed by atoms with E-state index in [0.717, 1.165) is 34.8 Å². The number of pyridine rings is 1. The van der Waals surface area contributed by atoms with Crippen molar-refractivity contribution in [3.05, 3.63) is 81.5 Å². The molecule has 3 heterocycles. The van der Waals surface area contributed by atoms with Gasteiger partial charge in [-0.15, -0.1) is 0 Å². The highest BCUT2D eigenvalue weighted by Crippen LogP contribution is 2.14. The molecule has 0 spiro atoms. The van der Waals surface area contributed by atoms with Crippen molar-refractivity contribution in [3.63, 3.8) is 0 Å². The van der Waals surface area contributed by atoms with Gasteiger partial charge in [0.1, 0.15) is 11.3 Å². The summed E-state index contributed by atoms with van der Waals surface area (Å²) in [5.74, 6) is 0.117. The molecule has 1 aromatic carbocycles. The average molecular weight is 348 g/mol. The molecule has 3 aromatic rings. The second-order valence-corrected chi connectivity index (χ2v) is 6.61. The highest BCUT2D eigenvalue weighted by atomic mass is 19.1. The van der Waals surface area contributed by atoms with Crippen LogP contribution in [0, 0.1) is 12.9 Å². The minimum Gasteiger partial charge on any atom is -0.366 e. The van der Waals surface area contributed by atoms with Crippen LogP contribution in [0.5, 0.6) is 0 Å². The second kappa shape index (κ2) is 7.12. The van der Waals surface area contributed by atoms with Gasteiger partial charge < -0.3 is 10.3 Å². The highest BCUT2D eigenvalue weighted by Gasteiger charge is 2.10. The smallest absolute Gasteiger partial charge is 0.218 e. The van der Waals surface area contributed by atoms with Gasteiger partial charge in [-0.2, -0.15) is 4.39 Å². The Balaban J connectivity index is 1.48. The van der Waals surface area contributed by atoms with Gasteiger partial charge in [-0.05, 0) is 30.5 Å². The Morgan fingerprint density at radius 3 is 2.77 bits per heavy atom. The molecule has 0 unspecified atom stereocenters. The highest BCUT2D eigenvalue weighted by molar-refractivity contribution is 5.39. The lowest BCUT2D eigenvalue weighted by Crippen LogP contribution is -2.28. The zero-order valence-electron chi connectivity index (χ0n) is 14.7. The first-order valence-electron chi connectivity index (χ1n) is 8.85. The molecule has 0 amide bonds. The standard InChI is InChI=1S/C21H21FN4/c1-14-4-6-15(7-5-14)12-24-19-9-8-16(20(22)26-19)11-17-13-25-21-18(17)3-2-10-23-21/h3-9,13H,2,10-12H2,1H3,(H,23,25)(H,24,26). The van der Waals surface area contributed by atoms with E-state index < -0.39 is 5.95 Å². The van der Waals surface area contributed by atoms with Crippen LogP contribution in [0.25, 0.3) is 6.08 Å². The van der Waals surface area contributed by atoms with E-state index in [1.165, 1.54) is 5.56 Å². The number of anilines is 1. The van der Waals surface area contributed by atoms with E-state index in [4.69, 9.17) is 0 Å². The van der Waals surface area contributed by atoms with Crippen LogP contribution in [-0.2, 0) is 13.0 Å². The predicted molar refractivity (Wildman–Crippen MR) is 101 cm³/mol. The molecule has 0 saturated carbocycles. The Kier molecular flexibility index (Phi) is 4.52. The monoisotopic (exact) mass is 348 g/mol. The molecule has 4 nitrogen and oxygen atoms in total. The summed E-state index contributed by atoms with van der Waals surface area (Å²) in [4.78, 5) is 11.7. The fraction of sp³-hybridized carbons (Fsp3) is 0.238. The van der Waals surface area contributed by atoms with Gasteiger partial charge in [-0.1, -0.05) is 42.0 Å². The number of benzene rings is 1. The zero-order valence-corrected chi connectivity index (χ0v) is 14.7. The molecular formula is C21H21FN4. The van der Waals surface area contributed by atoms with Crippen molar-refractivity contribution in [3.8, 4) is 0 Å². The average Bonchev–Trinajstić information content (AvgIpc) is 3.06. The third kappa shape index (κ3) is 3.52. The quantitative estimate of drug-likeness (QED) is 0.697. The summed E-state index contributed by atoms with van der Waals surface area (Å²) in [6.45, 7) is 3.48. The SMILES string of the molecule is Cc1ccc(CNc2ccc(Cc3c[nH]c4c3=CCCN=4)c(F)n2)cc1. The molecular weight excluding hydrogens is 327 g/mol. The van der Waals surface area contributed by atoms with Crippen molar-refractivity contribution in [2.75, 3.05) is 11.9 Å². The number of hydrogen-bond donors (Lipinski definition) is 2. The third-order valence-electron chi connectivity index (χ3n) is 4.63. The summed E-state index contributed by atoms with van der Waals surface area (Å²) >= 11 is 0. The number of halogens is 1. The maximum atomic E-state index is 14.5. The van der Waals surface area contributed by atoms with Gasteiger partial charge in [-0.3, -0.25) is 4.99 Å². The second-order valence-electron chi connectivity index (χ2n) is 6.61. The molecule has 0 aliphatic carbocycles. The Morgan fingerprint density at radius 2 is 1.96 bits per heavy atom. The summed E-state index contributed by atoms with van der Waals surface area (Å²) < 4.78 is 14.5. The normalized spacial score (nSPS) is 12.8. The number of hydrogen-bond acceptors (Lipinski definition) is 3. The lowest BCUT2D eigenvalue weighted by Gasteiger charge is -2.08. The molecule has 4 rings (SSSR count). The molecule has 0 fully saturated rings. The Morgan fingerprint density at radius 1 is 1.12 bits per heavy atom. The largest absolute Gasteiger partial charge is 0.366 e. The van der Waals surface area contributed by atoms with Crippen molar-refractivity contribution in [1.29, 1.82) is 0 Å². The van der Waals surface area contributed by atoms with E-state index in [-0.39, 0.29) is 0 Å². The van der Waals surface area contributed by atoms with E-state index in [1.807, 2.05) is 12.3 Å². The van der Waals surface area contributed by atoms with Gasteiger partial charge in [0.2, 0.25) is 5.95 Å². The lowest BCUT2D eigenvalue weighted by molar-refractivity contribution is 0.571. The molecule has 0 bridgehead atoms. The lowest BCUT2D eigenvalue weighted by atomic mass is 10.1. The van der Waals surface area contributed by atoms with Crippen LogP contribution in [0.4, 0.5) is 10.2 Å². The molecule has 0 radical (unpaired) electrons. The predicted octanol–water partition coefficient (Wildman–Crippen LogP) is 2.86. The molecule has 1 aliphatic rings. The van der Waals surface area contributed by atoms with Crippen LogP contribution in [-0.4, -0.2) is 16.5 Å². The number of aryl methyl sites for hydroxylation is 1. The Labute approximate surface area is 151 Å². The Hall–Kier alpha value is -2.95. The fourth-order valence-electron chi connectivity index (χ4n) is 3.15. The summed E-state index contributed by atoms with van der Waals surface area (Å²) in [5.41, 5.74) is 4.91. The van der Waals surface area contributed by atoms with Gasteiger partial charge in [-0.25, -0.2) is 4.98 Å². The number of H-pyrrole nitrogens is 1. The third-order valence-corrected chi connectivity index (χ3v) is 4.63. The summed E-state index contributed by atoms with van der Waals surface area (Å²) in [6, 6.07) is 11.9. The van der Waals surface area contributed by atoms with Gasteiger partial charge in [0, 0.05) is 36.5 Å². The first kappa shape index (κ1) is 16.5. The van der Waals surface area contributed by atoms with E-state index in [0.29, 0.717) is 24.3 Å². The molecule has 1 aliphatic heterocycles. The number of nitrogens with zero attached hydrogens (tertiary/aromatic N) is 2. The van der Waals surface area contributed by atoms with Gasteiger partial charge >= 0.3 is 0 Å². The summed E-state index contributed by atoms with van der Waals surface area (Å²) in [6.07, 6.45) is 5.52.